The highest BCUT2D eigenvalue weighted by Gasteiger charge is 2.00. The normalized spacial score (nSPS) is 10.5. The van der Waals surface area contributed by atoms with Crippen LogP contribution >= 0.6 is 23.2 Å². The smallest absolute Gasteiger partial charge is 0.123 e. The molecule has 0 atom stereocenters. The van der Waals surface area contributed by atoms with Gasteiger partial charge in [-0.05, 0) is 54.3 Å². The van der Waals surface area contributed by atoms with Gasteiger partial charge in [0, 0.05) is 10.0 Å². The van der Waals surface area contributed by atoms with Crippen LogP contribution < -0.4 is 0 Å². The first-order chi connectivity index (χ1) is 8.13. The summed E-state index contributed by atoms with van der Waals surface area (Å²) < 4.78 is 12.7. The monoisotopic (exact) mass is 268 g/mol. The van der Waals surface area contributed by atoms with Crippen molar-refractivity contribution in [3.63, 3.8) is 0 Å². The fourth-order valence-electron chi connectivity index (χ4n) is 1.70. The van der Waals surface area contributed by atoms with Gasteiger partial charge in [0.05, 0.1) is 0 Å². The molecule has 2 aromatic rings. The lowest BCUT2D eigenvalue weighted by atomic mass is 10.0. The van der Waals surface area contributed by atoms with Gasteiger partial charge < -0.3 is 0 Å². The fraction of sp³-hybridized carbons (Fsp3) is 0.143. The van der Waals surface area contributed by atoms with Crippen LogP contribution in [0.1, 0.15) is 11.1 Å². The third-order valence-electron chi connectivity index (χ3n) is 2.54. The number of hydrogen-bond acceptors (Lipinski definition) is 0. The topological polar surface area (TPSA) is 0 Å². The van der Waals surface area contributed by atoms with E-state index in [0.29, 0.717) is 10.0 Å². The van der Waals surface area contributed by atoms with Gasteiger partial charge in [-0.2, -0.15) is 0 Å². The number of rotatable bonds is 3. The summed E-state index contributed by atoms with van der Waals surface area (Å²) in [6.45, 7) is 0. The van der Waals surface area contributed by atoms with Gasteiger partial charge >= 0.3 is 0 Å². The highest BCUT2D eigenvalue weighted by molar-refractivity contribution is 6.34. The quantitative estimate of drug-likeness (QED) is 0.742. The van der Waals surface area contributed by atoms with Crippen molar-refractivity contribution in [2.75, 3.05) is 0 Å². The molecule has 3 heteroatoms. The molecule has 0 unspecified atom stereocenters. The van der Waals surface area contributed by atoms with Crippen LogP contribution in [0.5, 0.6) is 0 Å². The largest absolute Gasteiger partial charge is 0.207 e. The van der Waals surface area contributed by atoms with Crippen LogP contribution in [0.15, 0.2) is 42.5 Å². The molecular weight excluding hydrogens is 258 g/mol. The molecule has 0 saturated carbocycles. The second kappa shape index (κ2) is 5.52. The third-order valence-corrected chi connectivity index (χ3v) is 2.97. The Morgan fingerprint density at radius 1 is 0.765 bits per heavy atom. The molecule has 0 N–H and O–H groups in total. The zero-order valence-electron chi connectivity index (χ0n) is 9.09. The number of benzene rings is 2. The molecule has 0 spiro atoms. The van der Waals surface area contributed by atoms with E-state index in [1.807, 2.05) is 12.1 Å². The Hall–Kier alpha value is -1.05. The average Bonchev–Trinajstić information content (AvgIpc) is 2.27. The van der Waals surface area contributed by atoms with Gasteiger partial charge in [-0.15, -0.1) is 0 Å². The third kappa shape index (κ3) is 3.72. The molecule has 0 nitrogen and oxygen atoms in total. The van der Waals surface area contributed by atoms with Gasteiger partial charge in [-0.3, -0.25) is 0 Å². The summed E-state index contributed by atoms with van der Waals surface area (Å²) in [5.74, 6) is -0.209. The fourth-order valence-corrected chi connectivity index (χ4v) is 2.27. The SMILES string of the molecule is Fc1ccc(CCc2cc(Cl)cc(Cl)c2)cc1. The molecule has 2 rings (SSSR count). The Bertz CT molecular complexity index is 486. The van der Waals surface area contributed by atoms with Crippen molar-refractivity contribution < 1.29 is 4.39 Å². The highest BCUT2D eigenvalue weighted by Crippen LogP contribution is 2.20. The summed E-state index contributed by atoms with van der Waals surface area (Å²) in [4.78, 5) is 0. The Morgan fingerprint density at radius 2 is 1.29 bits per heavy atom. The van der Waals surface area contributed by atoms with Crippen molar-refractivity contribution in [3.05, 3.63) is 69.5 Å². The van der Waals surface area contributed by atoms with E-state index in [9.17, 15) is 4.39 Å². The van der Waals surface area contributed by atoms with Gasteiger partial charge in [-0.25, -0.2) is 4.39 Å². The van der Waals surface area contributed by atoms with Crippen LogP contribution in [0.3, 0.4) is 0 Å². The standard InChI is InChI=1S/C14H11Cl2F/c15-12-7-11(8-13(16)9-12)2-1-10-3-5-14(17)6-4-10/h3-9H,1-2H2. The predicted molar refractivity (Wildman–Crippen MR) is 70.3 cm³/mol. The van der Waals surface area contributed by atoms with E-state index in [2.05, 4.69) is 0 Å². The number of hydrogen-bond donors (Lipinski definition) is 0. The zero-order chi connectivity index (χ0) is 12.3. The van der Waals surface area contributed by atoms with E-state index in [-0.39, 0.29) is 5.82 Å². The second-order valence-electron chi connectivity index (χ2n) is 3.90. The summed E-state index contributed by atoms with van der Waals surface area (Å²) in [5, 5.41) is 1.29. The lowest BCUT2D eigenvalue weighted by Gasteiger charge is -2.04. The molecule has 17 heavy (non-hydrogen) atoms. The van der Waals surface area contributed by atoms with Gasteiger partial charge in [0.15, 0.2) is 0 Å². The van der Waals surface area contributed by atoms with Crippen LogP contribution in [-0.2, 0) is 12.8 Å². The van der Waals surface area contributed by atoms with Crippen molar-refractivity contribution in [1.29, 1.82) is 0 Å². The maximum Gasteiger partial charge on any atom is 0.123 e. The van der Waals surface area contributed by atoms with Crippen LogP contribution in [-0.4, -0.2) is 0 Å². The molecular formula is C14H11Cl2F. The van der Waals surface area contributed by atoms with Crippen molar-refractivity contribution in [2.45, 2.75) is 12.8 Å². The predicted octanol–water partition coefficient (Wildman–Crippen LogP) is 4.92. The van der Waals surface area contributed by atoms with Crippen molar-refractivity contribution >= 4 is 23.2 Å². The zero-order valence-corrected chi connectivity index (χ0v) is 10.6. The molecule has 0 aliphatic rings. The lowest BCUT2D eigenvalue weighted by molar-refractivity contribution is 0.627. The molecule has 2 aromatic carbocycles. The Balaban J connectivity index is 2.04. The molecule has 0 aliphatic heterocycles. The molecule has 0 radical (unpaired) electrons. The Kier molecular flexibility index (Phi) is 4.03. The number of halogens is 3. The lowest BCUT2D eigenvalue weighted by Crippen LogP contribution is -1.91. The van der Waals surface area contributed by atoms with Crippen LogP contribution in [0, 0.1) is 5.82 Å². The molecule has 0 saturated heterocycles. The molecule has 0 bridgehead atoms. The second-order valence-corrected chi connectivity index (χ2v) is 4.78. The van der Waals surface area contributed by atoms with Gasteiger partial charge in [0.25, 0.3) is 0 Å². The van der Waals surface area contributed by atoms with Crippen LogP contribution in [0.4, 0.5) is 4.39 Å². The maximum atomic E-state index is 12.7. The first-order valence-electron chi connectivity index (χ1n) is 5.33. The first kappa shape index (κ1) is 12.4. The molecule has 0 fully saturated rings. The minimum Gasteiger partial charge on any atom is -0.207 e. The molecule has 88 valence electrons. The molecule has 0 aromatic heterocycles. The Labute approximate surface area is 110 Å². The summed E-state index contributed by atoms with van der Waals surface area (Å²) >= 11 is 11.8. The van der Waals surface area contributed by atoms with E-state index in [4.69, 9.17) is 23.2 Å². The van der Waals surface area contributed by atoms with E-state index in [1.54, 1.807) is 18.2 Å². The first-order valence-corrected chi connectivity index (χ1v) is 6.08. The van der Waals surface area contributed by atoms with Crippen molar-refractivity contribution in [1.82, 2.24) is 0 Å². The molecule has 0 heterocycles. The summed E-state index contributed by atoms with van der Waals surface area (Å²) in [6.07, 6.45) is 1.68. The van der Waals surface area contributed by atoms with E-state index in [1.165, 1.54) is 12.1 Å². The van der Waals surface area contributed by atoms with E-state index >= 15 is 0 Å². The van der Waals surface area contributed by atoms with Gasteiger partial charge in [0.2, 0.25) is 0 Å². The van der Waals surface area contributed by atoms with Crippen molar-refractivity contribution in [2.24, 2.45) is 0 Å². The van der Waals surface area contributed by atoms with E-state index in [0.717, 1.165) is 24.0 Å². The van der Waals surface area contributed by atoms with Crippen LogP contribution in [0.2, 0.25) is 10.0 Å². The Morgan fingerprint density at radius 3 is 1.88 bits per heavy atom. The van der Waals surface area contributed by atoms with Gasteiger partial charge in [0.1, 0.15) is 5.82 Å². The molecule has 0 aliphatic carbocycles. The minimum absolute atomic E-state index is 0.209. The maximum absolute atomic E-state index is 12.7. The van der Waals surface area contributed by atoms with Crippen molar-refractivity contribution in [3.8, 4) is 0 Å². The minimum atomic E-state index is -0.209. The number of aryl methyl sites for hydroxylation is 2. The highest BCUT2D eigenvalue weighted by atomic mass is 35.5. The average molecular weight is 269 g/mol. The summed E-state index contributed by atoms with van der Waals surface area (Å²) in [6, 6.07) is 12.0. The summed E-state index contributed by atoms with van der Waals surface area (Å²) in [7, 11) is 0. The van der Waals surface area contributed by atoms with Crippen LogP contribution in [0.25, 0.3) is 0 Å². The summed E-state index contributed by atoms with van der Waals surface area (Å²) in [5.41, 5.74) is 2.19. The molecule has 0 amide bonds. The van der Waals surface area contributed by atoms with Gasteiger partial charge in [-0.1, -0.05) is 35.3 Å². The van der Waals surface area contributed by atoms with E-state index < -0.39 is 0 Å².